The first-order chi connectivity index (χ1) is 17.1. The molecule has 2 aromatic rings. The standard InChI is InChI=1S/C28H35N5O3/c1-5-10-29-25(35)24-21-13-18(6-7-19(21)16-30-24)26(36)32-11-8-28(9-12-32)14-20-17-33(27(2,3)4)31-23(20)22(34)15-28/h6-7,13,17H,5,8-12,14-16H2,1-4H3,(H,29,35). The fourth-order valence-corrected chi connectivity index (χ4v) is 5.56. The molecule has 0 radical (unpaired) electrons. The molecule has 0 bridgehead atoms. The molecule has 0 unspecified atom stereocenters. The molecular weight excluding hydrogens is 454 g/mol. The molecule has 8 nitrogen and oxygen atoms in total. The van der Waals surface area contributed by atoms with E-state index in [1.807, 2.05) is 40.9 Å². The molecule has 1 N–H and O–H groups in total. The minimum atomic E-state index is -0.184. The monoisotopic (exact) mass is 489 g/mol. The van der Waals surface area contributed by atoms with Gasteiger partial charge in [0, 0.05) is 48.9 Å². The average Bonchev–Trinajstić information content (AvgIpc) is 3.47. The van der Waals surface area contributed by atoms with E-state index >= 15 is 0 Å². The number of carbonyl (C=O) groups is 3. The highest BCUT2D eigenvalue weighted by Crippen LogP contribution is 2.43. The Morgan fingerprint density at radius 1 is 1.11 bits per heavy atom. The van der Waals surface area contributed by atoms with E-state index < -0.39 is 0 Å². The summed E-state index contributed by atoms with van der Waals surface area (Å²) in [5.41, 5.74) is 4.09. The molecule has 36 heavy (non-hydrogen) atoms. The van der Waals surface area contributed by atoms with Gasteiger partial charge in [-0.1, -0.05) is 13.0 Å². The quantitative estimate of drug-likeness (QED) is 0.711. The largest absolute Gasteiger partial charge is 0.351 e. The van der Waals surface area contributed by atoms with Gasteiger partial charge in [0.2, 0.25) is 0 Å². The smallest absolute Gasteiger partial charge is 0.270 e. The van der Waals surface area contributed by atoms with E-state index in [0.717, 1.165) is 42.4 Å². The van der Waals surface area contributed by atoms with Gasteiger partial charge >= 0.3 is 0 Å². The molecule has 2 amide bonds. The van der Waals surface area contributed by atoms with Crippen molar-refractivity contribution in [2.75, 3.05) is 19.6 Å². The SMILES string of the molecule is CCCNC(=O)C1=NCc2ccc(C(=O)N3CCC4(CC3)CC(=O)c3nn(C(C)(C)C)cc3C4)cc21. The average molecular weight is 490 g/mol. The molecule has 5 rings (SSSR count). The number of nitrogens with zero attached hydrogens (tertiary/aromatic N) is 4. The van der Waals surface area contributed by atoms with E-state index in [1.165, 1.54) is 0 Å². The van der Waals surface area contributed by atoms with Crippen molar-refractivity contribution in [3.63, 3.8) is 0 Å². The molecule has 1 fully saturated rings. The number of fused-ring (bicyclic) bond motifs is 2. The number of benzene rings is 1. The van der Waals surface area contributed by atoms with E-state index in [1.54, 1.807) is 0 Å². The summed E-state index contributed by atoms with van der Waals surface area (Å²) in [5, 5.41) is 7.47. The number of hydrogen-bond acceptors (Lipinski definition) is 5. The third kappa shape index (κ3) is 4.38. The number of ketones is 1. The van der Waals surface area contributed by atoms with Gasteiger partial charge < -0.3 is 10.2 Å². The van der Waals surface area contributed by atoms with Crippen LogP contribution in [0.4, 0.5) is 0 Å². The maximum Gasteiger partial charge on any atom is 0.270 e. The Hall–Kier alpha value is -3.29. The number of aromatic nitrogens is 2. The van der Waals surface area contributed by atoms with Crippen LogP contribution in [0.2, 0.25) is 0 Å². The molecule has 0 saturated carbocycles. The number of rotatable bonds is 4. The van der Waals surface area contributed by atoms with Crippen LogP contribution < -0.4 is 5.32 Å². The topological polar surface area (TPSA) is 96.7 Å². The molecule has 8 heteroatoms. The van der Waals surface area contributed by atoms with Crippen molar-refractivity contribution < 1.29 is 14.4 Å². The number of carbonyl (C=O) groups excluding carboxylic acids is 3. The minimum absolute atomic E-state index is 0.0313. The maximum absolute atomic E-state index is 13.4. The Balaban J connectivity index is 1.28. The van der Waals surface area contributed by atoms with Gasteiger partial charge in [-0.05, 0) is 69.6 Å². The summed E-state index contributed by atoms with van der Waals surface area (Å²) in [6.45, 7) is 10.6. The zero-order valence-corrected chi connectivity index (χ0v) is 21.7. The van der Waals surface area contributed by atoms with Crippen LogP contribution in [0.5, 0.6) is 0 Å². The zero-order chi connectivity index (χ0) is 25.7. The lowest BCUT2D eigenvalue weighted by Crippen LogP contribution is -2.46. The third-order valence-corrected chi connectivity index (χ3v) is 7.72. The number of likely N-dealkylation sites (tertiary alicyclic amines) is 1. The second-order valence-electron chi connectivity index (χ2n) is 11.5. The molecule has 0 atom stereocenters. The second kappa shape index (κ2) is 8.98. The lowest BCUT2D eigenvalue weighted by Gasteiger charge is -2.43. The number of Topliss-reactive ketones (excluding diaryl/α,β-unsaturated/α-hetero) is 1. The summed E-state index contributed by atoms with van der Waals surface area (Å²) in [7, 11) is 0. The highest BCUT2D eigenvalue weighted by molar-refractivity contribution is 6.46. The van der Waals surface area contributed by atoms with Gasteiger partial charge in [-0.3, -0.25) is 24.1 Å². The van der Waals surface area contributed by atoms with Crippen molar-refractivity contribution in [2.45, 2.75) is 71.9 Å². The molecule has 2 aliphatic heterocycles. The van der Waals surface area contributed by atoms with Gasteiger partial charge in [-0.15, -0.1) is 0 Å². The Bertz CT molecular complexity index is 1260. The van der Waals surface area contributed by atoms with E-state index in [2.05, 4.69) is 36.2 Å². The first-order valence-electron chi connectivity index (χ1n) is 13.0. The van der Waals surface area contributed by atoms with Crippen molar-refractivity contribution in [2.24, 2.45) is 10.4 Å². The Labute approximate surface area is 212 Å². The highest BCUT2D eigenvalue weighted by atomic mass is 16.2. The second-order valence-corrected chi connectivity index (χ2v) is 11.5. The Morgan fingerprint density at radius 2 is 1.86 bits per heavy atom. The predicted molar refractivity (Wildman–Crippen MR) is 137 cm³/mol. The number of aliphatic imine (C=N–C) groups is 1. The van der Waals surface area contributed by atoms with E-state index in [9.17, 15) is 14.4 Å². The molecule has 190 valence electrons. The molecule has 1 saturated heterocycles. The van der Waals surface area contributed by atoms with Crippen LogP contribution in [0.15, 0.2) is 29.4 Å². The summed E-state index contributed by atoms with van der Waals surface area (Å²) in [4.78, 5) is 45.2. The molecule has 1 aromatic carbocycles. The fourth-order valence-electron chi connectivity index (χ4n) is 5.56. The normalized spacial score (nSPS) is 18.6. The van der Waals surface area contributed by atoms with Gasteiger partial charge in [-0.25, -0.2) is 0 Å². The van der Waals surface area contributed by atoms with Gasteiger partial charge in [0.05, 0.1) is 12.1 Å². The summed E-state index contributed by atoms with van der Waals surface area (Å²) >= 11 is 0. The number of amides is 2. The summed E-state index contributed by atoms with van der Waals surface area (Å²) in [6, 6.07) is 5.56. The summed E-state index contributed by atoms with van der Waals surface area (Å²) < 4.78 is 1.90. The predicted octanol–water partition coefficient (Wildman–Crippen LogP) is 3.52. The number of nitrogens with one attached hydrogen (secondary N) is 1. The number of hydrogen-bond donors (Lipinski definition) is 1. The van der Waals surface area contributed by atoms with Crippen LogP contribution in [0.3, 0.4) is 0 Å². The van der Waals surface area contributed by atoms with Crippen LogP contribution in [0.25, 0.3) is 0 Å². The molecule has 1 aromatic heterocycles. The number of piperidine rings is 1. The van der Waals surface area contributed by atoms with E-state index in [-0.39, 0.29) is 28.6 Å². The van der Waals surface area contributed by atoms with Crippen LogP contribution >= 0.6 is 0 Å². The highest BCUT2D eigenvalue weighted by Gasteiger charge is 2.43. The third-order valence-electron chi connectivity index (χ3n) is 7.72. The fraction of sp³-hybridized carbons (Fsp3) is 0.536. The van der Waals surface area contributed by atoms with E-state index in [0.29, 0.717) is 49.6 Å². The maximum atomic E-state index is 13.4. The molecular formula is C28H35N5O3. The molecule has 1 aliphatic carbocycles. The Morgan fingerprint density at radius 3 is 2.56 bits per heavy atom. The molecule has 3 aliphatic rings. The first kappa shape index (κ1) is 24.4. The lowest BCUT2D eigenvalue weighted by atomic mass is 9.67. The Kier molecular flexibility index (Phi) is 6.09. The van der Waals surface area contributed by atoms with Gasteiger partial charge in [0.25, 0.3) is 11.8 Å². The molecule has 3 heterocycles. The van der Waals surface area contributed by atoms with Crippen LogP contribution in [-0.2, 0) is 23.3 Å². The summed E-state index contributed by atoms with van der Waals surface area (Å²) in [6.07, 6.45) is 5.80. The van der Waals surface area contributed by atoms with E-state index in [4.69, 9.17) is 0 Å². The lowest BCUT2D eigenvalue weighted by molar-refractivity contribution is -0.114. The summed E-state index contributed by atoms with van der Waals surface area (Å²) in [5.74, 6) is -0.0988. The molecule has 1 spiro atoms. The van der Waals surface area contributed by atoms with Crippen molar-refractivity contribution in [3.05, 3.63) is 52.3 Å². The van der Waals surface area contributed by atoms with Crippen molar-refractivity contribution in [1.82, 2.24) is 20.0 Å². The first-order valence-corrected chi connectivity index (χ1v) is 13.0. The zero-order valence-electron chi connectivity index (χ0n) is 21.7. The van der Waals surface area contributed by atoms with Crippen LogP contribution in [-0.4, -0.2) is 57.6 Å². The minimum Gasteiger partial charge on any atom is -0.351 e. The van der Waals surface area contributed by atoms with Crippen molar-refractivity contribution in [3.8, 4) is 0 Å². The van der Waals surface area contributed by atoms with Crippen molar-refractivity contribution >= 4 is 23.3 Å². The van der Waals surface area contributed by atoms with Crippen LogP contribution in [0, 0.1) is 5.41 Å². The van der Waals surface area contributed by atoms with Crippen molar-refractivity contribution in [1.29, 1.82) is 0 Å². The van der Waals surface area contributed by atoms with Gasteiger partial charge in [-0.2, -0.15) is 5.10 Å². The van der Waals surface area contributed by atoms with Crippen LogP contribution in [0.1, 0.15) is 90.9 Å². The van der Waals surface area contributed by atoms with Gasteiger partial charge in [0.1, 0.15) is 11.4 Å². The van der Waals surface area contributed by atoms with Gasteiger partial charge in [0.15, 0.2) is 5.78 Å².